The molecule has 1 rings (SSSR count). The van der Waals surface area contributed by atoms with Crippen LogP contribution >= 0.6 is 0 Å². The lowest BCUT2D eigenvalue weighted by Gasteiger charge is -2.28. The smallest absolute Gasteiger partial charge is 0.320 e. The number of hydrogen-bond acceptors (Lipinski definition) is 4. The van der Waals surface area contributed by atoms with Gasteiger partial charge < -0.3 is 10.1 Å². The first-order valence-electron chi connectivity index (χ1n) is 6.12. The zero-order valence-corrected chi connectivity index (χ0v) is 11.3. The maximum absolute atomic E-state index is 11.4. The van der Waals surface area contributed by atoms with Crippen LogP contribution in [0.25, 0.3) is 0 Å². The van der Waals surface area contributed by atoms with Gasteiger partial charge >= 0.3 is 5.97 Å². The van der Waals surface area contributed by atoms with Crippen molar-refractivity contribution in [3.05, 3.63) is 0 Å². The Morgan fingerprint density at radius 2 is 1.75 bits per heavy atom. The van der Waals surface area contributed by atoms with Crippen molar-refractivity contribution in [3.8, 4) is 0 Å². The van der Waals surface area contributed by atoms with E-state index < -0.39 is 0 Å². The van der Waals surface area contributed by atoms with E-state index >= 15 is 0 Å². The van der Waals surface area contributed by atoms with E-state index in [1.165, 1.54) is 0 Å². The Hall–Kier alpha value is -0.610. The molecule has 0 aromatic rings. The van der Waals surface area contributed by atoms with Crippen LogP contribution in [-0.2, 0) is 9.53 Å². The molecule has 1 aliphatic rings. The minimum Gasteiger partial charge on any atom is -0.459 e. The standard InChI is InChI=1S/C10H20N2O2.C2H6/c1-10(2,3)14-9(13)8-12-6-4-11-5-7-12;1-2/h11H,4-8H2,1-3H3;1-2H3. The molecule has 4 nitrogen and oxygen atoms in total. The van der Waals surface area contributed by atoms with Crippen molar-refractivity contribution in [2.24, 2.45) is 0 Å². The number of hydrogen-bond donors (Lipinski definition) is 1. The number of nitrogens with zero attached hydrogens (tertiary/aromatic N) is 1. The first kappa shape index (κ1) is 15.4. The Kier molecular flexibility index (Phi) is 7.34. The topological polar surface area (TPSA) is 41.6 Å². The second kappa shape index (κ2) is 7.63. The first-order chi connectivity index (χ1) is 7.47. The molecule has 96 valence electrons. The van der Waals surface area contributed by atoms with Gasteiger partial charge in [-0.1, -0.05) is 13.8 Å². The van der Waals surface area contributed by atoms with Crippen molar-refractivity contribution in [2.45, 2.75) is 40.2 Å². The fourth-order valence-corrected chi connectivity index (χ4v) is 1.43. The summed E-state index contributed by atoms with van der Waals surface area (Å²) < 4.78 is 5.24. The van der Waals surface area contributed by atoms with Crippen molar-refractivity contribution >= 4 is 5.97 Å². The molecule has 0 amide bonds. The molecule has 0 aromatic heterocycles. The molecule has 16 heavy (non-hydrogen) atoms. The summed E-state index contributed by atoms with van der Waals surface area (Å²) in [5.41, 5.74) is -0.370. The third kappa shape index (κ3) is 7.65. The molecule has 0 unspecified atom stereocenters. The molecular formula is C12H26N2O2. The minimum atomic E-state index is -0.370. The predicted octanol–water partition coefficient (Wildman–Crippen LogP) is 1.26. The Morgan fingerprint density at radius 3 is 2.19 bits per heavy atom. The normalized spacial score (nSPS) is 17.3. The van der Waals surface area contributed by atoms with Crippen molar-refractivity contribution in [2.75, 3.05) is 32.7 Å². The van der Waals surface area contributed by atoms with E-state index in [0.29, 0.717) is 6.54 Å². The maximum atomic E-state index is 11.4. The highest BCUT2D eigenvalue weighted by Gasteiger charge is 2.19. The average Bonchev–Trinajstić information content (AvgIpc) is 2.19. The van der Waals surface area contributed by atoms with E-state index in [1.807, 2.05) is 34.6 Å². The molecule has 0 saturated carbocycles. The average molecular weight is 230 g/mol. The molecule has 0 radical (unpaired) electrons. The highest BCUT2D eigenvalue weighted by atomic mass is 16.6. The SMILES string of the molecule is CC.CC(C)(C)OC(=O)CN1CCNCC1. The Bertz CT molecular complexity index is 194. The third-order valence-electron chi connectivity index (χ3n) is 1.98. The summed E-state index contributed by atoms with van der Waals surface area (Å²) in [5, 5.41) is 3.24. The maximum Gasteiger partial charge on any atom is 0.320 e. The van der Waals surface area contributed by atoms with Gasteiger partial charge in [-0.2, -0.15) is 0 Å². The summed E-state index contributed by atoms with van der Waals surface area (Å²) in [6, 6.07) is 0. The van der Waals surface area contributed by atoms with Crippen molar-refractivity contribution in [1.82, 2.24) is 10.2 Å². The van der Waals surface area contributed by atoms with Crippen LogP contribution in [0.5, 0.6) is 0 Å². The van der Waals surface area contributed by atoms with E-state index in [2.05, 4.69) is 10.2 Å². The van der Waals surface area contributed by atoms with Crippen LogP contribution in [0.2, 0.25) is 0 Å². The van der Waals surface area contributed by atoms with Crippen molar-refractivity contribution in [3.63, 3.8) is 0 Å². The monoisotopic (exact) mass is 230 g/mol. The molecule has 1 saturated heterocycles. The van der Waals surface area contributed by atoms with Crippen LogP contribution in [0.1, 0.15) is 34.6 Å². The van der Waals surface area contributed by atoms with Gasteiger partial charge in [-0.15, -0.1) is 0 Å². The highest BCUT2D eigenvalue weighted by Crippen LogP contribution is 2.07. The molecule has 1 fully saturated rings. The Labute approximate surface area is 99.3 Å². The third-order valence-corrected chi connectivity index (χ3v) is 1.98. The molecule has 1 aliphatic heterocycles. The lowest BCUT2D eigenvalue weighted by atomic mass is 10.2. The molecule has 0 aliphatic carbocycles. The summed E-state index contributed by atoms with van der Waals surface area (Å²) in [7, 11) is 0. The summed E-state index contributed by atoms with van der Waals surface area (Å²) in [6.45, 7) is 13.9. The van der Waals surface area contributed by atoms with Crippen LogP contribution in [0, 0.1) is 0 Å². The molecule has 0 spiro atoms. The lowest BCUT2D eigenvalue weighted by molar-refractivity contribution is -0.156. The number of carbonyl (C=O) groups excluding carboxylic acids is 1. The molecule has 0 atom stereocenters. The zero-order valence-electron chi connectivity index (χ0n) is 11.3. The van der Waals surface area contributed by atoms with E-state index in [1.54, 1.807) is 0 Å². The summed E-state index contributed by atoms with van der Waals surface area (Å²) in [5.74, 6) is -0.126. The predicted molar refractivity (Wildman–Crippen MR) is 66.5 cm³/mol. The molecule has 0 aromatic carbocycles. The van der Waals surface area contributed by atoms with Gasteiger partial charge in [0.05, 0.1) is 6.54 Å². The quantitative estimate of drug-likeness (QED) is 0.725. The first-order valence-corrected chi connectivity index (χ1v) is 6.12. The van der Waals surface area contributed by atoms with Crippen LogP contribution in [0.4, 0.5) is 0 Å². The second-order valence-corrected chi connectivity index (χ2v) is 4.61. The van der Waals surface area contributed by atoms with Crippen molar-refractivity contribution in [1.29, 1.82) is 0 Å². The number of piperazine rings is 1. The number of carbonyl (C=O) groups is 1. The second-order valence-electron chi connectivity index (χ2n) is 4.61. The lowest BCUT2D eigenvalue weighted by Crippen LogP contribution is -2.46. The Balaban J connectivity index is 0.00000106. The van der Waals surface area contributed by atoms with Gasteiger partial charge in [0.1, 0.15) is 5.60 Å². The molecule has 4 heteroatoms. The van der Waals surface area contributed by atoms with E-state index in [9.17, 15) is 4.79 Å². The zero-order chi connectivity index (χ0) is 12.6. The van der Waals surface area contributed by atoms with Gasteiger partial charge in [0.2, 0.25) is 0 Å². The minimum absolute atomic E-state index is 0.126. The van der Waals surface area contributed by atoms with Crippen molar-refractivity contribution < 1.29 is 9.53 Å². The number of rotatable bonds is 2. The van der Waals surface area contributed by atoms with Gasteiger partial charge in [-0.05, 0) is 20.8 Å². The summed E-state index contributed by atoms with van der Waals surface area (Å²) in [4.78, 5) is 13.6. The van der Waals surface area contributed by atoms with Gasteiger partial charge in [0, 0.05) is 26.2 Å². The van der Waals surface area contributed by atoms with E-state index in [4.69, 9.17) is 4.74 Å². The van der Waals surface area contributed by atoms with Gasteiger partial charge in [-0.25, -0.2) is 0 Å². The van der Waals surface area contributed by atoms with E-state index in [-0.39, 0.29) is 11.6 Å². The Morgan fingerprint density at radius 1 is 1.25 bits per heavy atom. The largest absolute Gasteiger partial charge is 0.459 e. The fourth-order valence-electron chi connectivity index (χ4n) is 1.43. The number of nitrogens with one attached hydrogen (secondary N) is 1. The summed E-state index contributed by atoms with van der Waals surface area (Å²) >= 11 is 0. The van der Waals surface area contributed by atoms with Crippen LogP contribution in [0.15, 0.2) is 0 Å². The van der Waals surface area contributed by atoms with Crippen LogP contribution in [-0.4, -0.2) is 49.2 Å². The molecule has 1 heterocycles. The molecule has 0 bridgehead atoms. The summed E-state index contributed by atoms with van der Waals surface area (Å²) in [6.07, 6.45) is 0. The fraction of sp³-hybridized carbons (Fsp3) is 0.917. The molecular weight excluding hydrogens is 204 g/mol. The number of esters is 1. The number of ether oxygens (including phenoxy) is 1. The van der Waals surface area contributed by atoms with Crippen LogP contribution < -0.4 is 5.32 Å². The van der Waals surface area contributed by atoms with E-state index in [0.717, 1.165) is 26.2 Å². The van der Waals surface area contributed by atoms with Crippen LogP contribution in [0.3, 0.4) is 0 Å². The molecule has 1 N–H and O–H groups in total. The van der Waals surface area contributed by atoms with Gasteiger partial charge in [0.25, 0.3) is 0 Å². The van der Waals surface area contributed by atoms with Gasteiger partial charge in [0.15, 0.2) is 0 Å². The van der Waals surface area contributed by atoms with Gasteiger partial charge in [-0.3, -0.25) is 9.69 Å². The highest BCUT2D eigenvalue weighted by molar-refractivity contribution is 5.72.